The van der Waals surface area contributed by atoms with E-state index in [9.17, 15) is 4.79 Å². The number of carbonyl (C=O) groups is 1. The molecule has 0 radical (unpaired) electrons. The number of amides is 1. The zero-order valence-corrected chi connectivity index (χ0v) is 15.7. The summed E-state index contributed by atoms with van der Waals surface area (Å²) in [4.78, 5) is 26.0. The number of hydrogen-bond acceptors (Lipinski definition) is 4. The normalized spacial score (nSPS) is 19.6. The number of imidazole rings is 1. The van der Waals surface area contributed by atoms with Gasteiger partial charge in [-0.2, -0.15) is 0 Å². The lowest BCUT2D eigenvalue weighted by molar-refractivity contribution is 0.100. The lowest BCUT2D eigenvalue weighted by atomic mass is 10.0. The van der Waals surface area contributed by atoms with Crippen LogP contribution in [0.2, 0.25) is 0 Å². The summed E-state index contributed by atoms with van der Waals surface area (Å²) in [5.41, 5.74) is 10.7. The SMILES string of the molecule is NC(=O)c1ccnc2ccc(-c3c(-c4ccccn4)nc4n3[C@@H]3CC[C@H]4C3)cc12. The first-order valence-corrected chi connectivity index (χ1v) is 9.93. The van der Waals surface area contributed by atoms with Crippen molar-refractivity contribution in [2.24, 2.45) is 5.73 Å². The molecule has 6 nitrogen and oxygen atoms in total. The van der Waals surface area contributed by atoms with E-state index in [0.717, 1.165) is 33.5 Å². The highest BCUT2D eigenvalue weighted by molar-refractivity contribution is 6.06. The summed E-state index contributed by atoms with van der Waals surface area (Å²) in [6.45, 7) is 0. The average Bonchev–Trinajstić information content (AvgIpc) is 3.46. The summed E-state index contributed by atoms with van der Waals surface area (Å²) in [6, 6.07) is 14.1. The predicted octanol–water partition coefficient (Wildman–Crippen LogP) is 4.08. The maximum atomic E-state index is 12.0. The van der Waals surface area contributed by atoms with Crippen molar-refractivity contribution in [1.29, 1.82) is 0 Å². The first-order chi connectivity index (χ1) is 14.2. The summed E-state index contributed by atoms with van der Waals surface area (Å²) < 4.78 is 2.40. The van der Waals surface area contributed by atoms with Gasteiger partial charge in [0.2, 0.25) is 5.91 Å². The second-order valence-electron chi connectivity index (χ2n) is 7.87. The van der Waals surface area contributed by atoms with Gasteiger partial charge in [-0.25, -0.2) is 4.98 Å². The Balaban J connectivity index is 1.64. The molecule has 1 aliphatic heterocycles. The fraction of sp³-hybridized carbons (Fsp3) is 0.217. The molecule has 2 N–H and O–H groups in total. The van der Waals surface area contributed by atoms with Gasteiger partial charge in [0.15, 0.2) is 0 Å². The predicted molar refractivity (Wildman–Crippen MR) is 110 cm³/mol. The fourth-order valence-electron chi connectivity index (χ4n) is 5.00. The number of nitrogens with zero attached hydrogens (tertiary/aromatic N) is 4. The third kappa shape index (κ3) is 2.35. The minimum absolute atomic E-state index is 0.447. The van der Waals surface area contributed by atoms with E-state index < -0.39 is 5.91 Å². The Kier molecular flexibility index (Phi) is 3.38. The summed E-state index contributed by atoms with van der Waals surface area (Å²) in [7, 11) is 0. The first kappa shape index (κ1) is 16.4. The van der Waals surface area contributed by atoms with Gasteiger partial charge in [0.1, 0.15) is 11.5 Å². The lowest BCUT2D eigenvalue weighted by Gasteiger charge is -2.17. The van der Waals surface area contributed by atoms with Crippen LogP contribution in [-0.2, 0) is 0 Å². The molecule has 0 unspecified atom stereocenters. The quantitative estimate of drug-likeness (QED) is 0.579. The highest BCUT2D eigenvalue weighted by Crippen LogP contribution is 2.52. The van der Waals surface area contributed by atoms with Crippen LogP contribution in [-0.4, -0.2) is 25.4 Å². The van der Waals surface area contributed by atoms with E-state index in [2.05, 4.69) is 20.6 Å². The molecule has 6 rings (SSSR count). The molecule has 6 heteroatoms. The third-order valence-electron chi connectivity index (χ3n) is 6.26. The molecule has 4 heterocycles. The Labute approximate surface area is 167 Å². The third-order valence-corrected chi connectivity index (χ3v) is 6.26. The van der Waals surface area contributed by atoms with E-state index in [1.807, 2.05) is 30.3 Å². The summed E-state index contributed by atoms with van der Waals surface area (Å²) >= 11 is 0. The smallest absolute Gasteiger partial charge is 0.249 e. The van der Waals surface area contributed by atoms with E-state index in [1.54, 1.807) is 18.5 Å². The standard InChI is InChI=1S/C23H19N5O/c24-22(29)16-8-10-26-18-7-5-13(12-17(16)18)21-20(19-3-1-2-9-25-19)27-23-14-4-6-15(11-14)28(21)23/h1-3,5,7-10,12,14-15H,4,6,11H2,(H2,24,29)/t14-,15+/m0/s1. The zero-order valence-electron chi connectivity index (χ0n) is 15.7. The molecule has 2 bridgehead atoms. The minimum atomic E-state index is -0.447. The maximum absolute atomic E-state index is 12.0. The molecule has 1 fully saturated rings. The van der Waals surface area contributed by atoms with Crippen LogP contribution in [0, 0.1) is 0 Å². The number of rotatable bonds is 3. The molecule has 4 aromatic rings. The fourth-order valence-corrected chi connectivity index (χ4v) is 5.00. The van der Waals surface area contributed by atoms with Crippen molar-refractivity contribution >= 4 is 16.8 Å². The van der Waals surface area contributed by atoms with Crippen LogP contribution in [0.1, 0.15) is 47.4 Å². The first-order valence-electron chi connectivity index (χ1n) is 9.93. The number of pyridine rings is 2. The van der Waals surface area contributed by atoms with Crippen LogP contribution >= 0.6 is 0 Å². The molecule has 1 aromatic carbocycles. The van der Waals surface area contributed by atoms with Crippen molar-refractivity contribution < 1.29 is 4.79 Å². The van der Waals surface area contributed by atoms with Crippen molar-refractivity contribution in [3.8, 4) is 22.6 Å². The van der Waals surface area contributed by atoms with Crippen LogP contribution in [0.4, 0.5) is 0 Å². The Morgan fingerprint density at radius 3 is 2.83 bits per heavy atom. The Morgan fingerprint density at radius 2 is 2.00 bits per heavy atom. The van der Waals surface area contributed by atoms with Crippen LogP contribution in [0.3, 0.4) is 0 Å². The number of benzene rings is 1. The summed E-state index contributed by atoms with van der Waals surface area (Å²) in [5.74, 6) is 1.25. The van der Waals surface area contributed by atoms with Crippen LogP contribution in [0.5, 0.6) is 0 Å². The Bertz CT molecular complexity index is 1280. The van der Waals surface area contributed by atoms with Gasteiger partial charge in [0, 0.05) is 35.3 Å². The maximum Gasteiger partial charge on any atom is 0.249 e. The van der Waals surface area contributed by atoms with E-state index in [1.165, 1.54) is 25.1 Å². The molecular weight excluding hydrogens is 362 g/mol. The van der Waals surface area contributed by atoms with Gasteiger partial charge in [0.05, 0.1) is 22.5 Å². The van der Waals surface area contributed by atoms with Gasteiger partial charge in [-0.3, -0.25) is 14.8 Å². The van der Waals surface area contributed by atoms with Crippen LogP contribution in [0.25, 0.3) is 33.5 Å². The Hall–Kier alpha value is -3.54. The zero-order chi connectivity index (χ0) is 19.5. The summed E-state index contributed by atoms with van der Waals surface area (Å²) in [6.07, 6.45) is 6.98. The molecular formula is C23H19N5O. The van der Waals surface area contributed by atoms with E-state index >= 15 is 0 Å². The summed E-state index contributed by atoms with van der Waals surface area (Å²) in [5, 5.41) is 0.767. The van der Waals surface area contributed by atoms with E-state index in [4.69, 9.17) is 10.7 Å². The van der Waals surface area contributed by atoms with Crippen molar-refractivity contribution in [2.75, 3.05) is 0 Å². The van der Waals surface area contributed by atoms with E-state index in [-0.39, 0.29) is 0 Å². The molecule has 1 saturated carbocycles. The van der Waals surface area contributed by atoms with Crippen LogP contribution < -0.4 is 5.73 Å². The van der Waals surface area contributed by atoms with Crippen molar-refractivity contribution in [1.82, 2.24) is 19.5 Å². The van der Waals surface area contributed by atoms with Gasteiger partial charge in [-0.1, -0.05) is 12.1 Å². The van der Waals surface area contributed by atoms with Gasteiger partial charge in [-0.15, -0.1) is 0 Å². The topological polar surface area (TPSA) is 86.7 Å². The molecule has 0 saturated heterocycles. The number of carbonyl (C=O) groups excluding carboxylic acids is 1. The monoisotopic (exact) mass is 381 g/mol. The van der Waals surface area contributed by atoms with Crippen LogP contribution in [0.15, 0.2) is 54.9 Å². The largest absolute Gasteiger partial charge is 0.366 e. The van der Waals surface area contributed by atoms with Crippen molar-refractivity contribution in [3.05, 3.63) is 66.2 Å². The molecule has 1 aliphatic carbocycles. The molecule has 1 amide bonds. The second kappa shape index (κ2) is 5.98. The highest BCUT2D eigenvalue weighted by Gasteiger charge is 2.41. The minimum Gasteiger partial charge on any atom is -0.366 e. The van der Waals surface area contributed by atoms with Crippen molar-refractivity contribution in [3.63, 3.8) is 0 Å². The van der Waals surface area contributed by atoms with Gasteiger partial charge in [-0.05, 0) is 49.6 Å². The van der Waals surface area contributed by atoms with Gasteiger partial charge >= 0.3 is 0 Å². The van der Waals surface area contributed by atoms with Gasteiger partial charge in [0.25, 0.3) is 0 Å². The number of nitrogens with two attached hydrogens (primary N) is 1. The molecule has 0 spiro atoms. The number of primary amides is 1. The molecule has 2 aliphatic rings. The second-order valence-corrected chi connectivity index (χ2v) is 7.87. The molecule has 2 atom stereocenters. The number of hydrogen-bond donors (Lipinski definition) is 1. The van der Waals surface area contributed by atoms with Gasteiger partial charge < -0.3 is 10.3 Å². The number of fused-ring (bicyclic) bond motifs is 6. The molecule has 142 valence electrons. The lowest BCUT2D eigenvalue weighted by Crippen LogP contribution is -2.12. The highest BCUT2D eigenvalue weighted by atomic mass is 16.1. The van der Waals surface area contributed by atoms with Crippen molar-refractivity contribution in [2.45, 2.75) is 31.2 Å². The van der Waals surface area contributed by atoms with E-state index in [0.29, 0.717) is 17.5 Å². The molecule has 3 aromatic heterocycles. The average molecular weight is 381 g/mol. The number of aromatic nitrogens is 4. The Morgan fingerprint density at radius 1 is 1.07 bits per heavy atom. The molecule has 29 heavy (non-hydrogen) atoms.